The van der Waals surface area contributed by atoms with E-state index in [1.807, 2.05) is 32.9 Å². The van der Waals surface area contributed by atoms with E-state index < -0.39 is 5.60 Å². The monoisotopic (exact) mass is 295 g/mol. The molecule has 0 radical (unpaired) electrons. The van der Waals surface area contributed by atoms with Crippen LogP contribution >= 0.6 is 11.3 Å². The molecule has 2 rings (SSSR count). The van der Waals surface area contributed by atoms with Gasteiger partial charge < -0.3 is 9.64 Å². The quantitative estimate of drug-likeness (QED) is 0.782. The summed E-state index contributed by atoms with van der Waals surface area (Å²) in [5.74, 6) is 0.451. The SMILES string of the molecule is CC(C)(C)OC(=O)N1CCC(c2ccc(C=O)s2)CC1. The molecule has 1 aromatic heterocycles. The van der Waals surface area contributed by atoms with Gasteiger partial charge >= 0.3 is 6.09 Å². The van der Waals surface area contributed by atoms with Gasteiger partial charge in [-0.15, -0.1) is 11.3 Å². The van der Waals surface area contributed by atoms with Gasteiger partial charge in [0.2, 0.25) is 0 Å². The van der Waals surface area contributed by atoms with E-state index in [0.29, 0.717) is 19.0 Å². The second-order valence-electron chi connectivity index (χ2n) is 6.10. The highest BCUT2D eigenvalue weighted by atomic mass is 32.1. The summed E-state index contributed by atoms with van der Waals surface area (Å²) in [5.41, 5.74) is -0.444. The fourth-order valence-corrected chi connectivity index (χ4v) is 3.32. The molecule has 2 heterocycles. The van der Waals surface area contributed by atoms with Crippen LogP contribution in [-0.4, -0.2) is 36.0 Å². The molecule has 0 unspecified atom stereocenters. The maximum Gasteiger partial charge on any atom is 0.410 e. The Kier molecular flexibility index (Phi) is 4.48. The van der Waals surface area contributed by atoms with Gasteiger partial charge in [-0.05, 0) is 51.7 Å². The number of nitrogens with zero attached hydrogens (tertiary/aromatic N) is 1. The molecule has 0 aromatic carbocycles. The largest absolute Gasteiger partial charge is 0.444 e. The predicted molar refractivity (Wildman–Crippen MR) is 79.5 cm³/mol. The first kappa shape index (κ1) is 15.0. The van der Waals surface area contributed by atoms with Crippen molar-refractivity contribution in [2.75, 3.05) is 13.1 Å². The van der Waals surface area contributed by atoms with Crippen LogP contribution in [0.5, 0.6) is 0 Å². The van der Waals surface area contributed by atoms with Crippen molar-refractivity contribution in [3.8, 4) is 0 Å². The molecule has 20 heavy (non-hydrogen) atoms. The normalized spacial score (nSPS) is 17.1. The van der Waals surface area contributed by atoms with E-state index in [9.17, 15) is 9.59 Å². The molecule has 1 saturated heterocycles. The molecule has 4 nitrogen and oxygen atoms in total. The highest BCUT2D eigenvalue weighted by Crippen LogP contribution is 2.32. The number of rotatable bonds is 2. The molecule has 0 atom stereocenters. The van der Waals surface area contributed by atoms with Crippen molar-refractivity contribution in [3.05, 3.63) is 21.9 Å². The highest BCUT2D eigenvalue weighted by molar-refractivity contribution is 7.13. The number of hydrogen-bond donors (Lipinski definition) is 0. The molecule has 1 aromatic rings. The van der Waals surface area contributed by atoms with E-state index in [4.69, 9.17) is 4.74 Å². The first-order valence-corrected chi connectivity index (χ1v) is 7.73. The van der Waals surface area contributed by atoms with E-state index in [1.54, 1.807) is 16.2 Å². The van der Waals surface area contributed by atoms with Crippen molar-refractivity contribution in [3.63, 3.8) is 0 Å². The Labute approximate surface area is 123 Å². The number of likely N-dealkylation sites (tertiary alicyclic amines) is 1. The molecule has 0 N–H and O–H groups in total. The molecule has 1 amide bonds. The van der Waals surface area contributed by atoms with Gasteiger partial charge in [-0.2, -0.15) is 0 Å². The van der Waals surface area contributed by atoms with Crippen molar-refractivity contribution in [2.24, 2.45) is 0 Å². The van der Waals surface area contributed by atoms with Crippen LogP contribution in [0.4, 0.5) is 4.79 Å². The predicted octanol–water partition coefficient (Wildman–Crippen LogP) is 3.68. The van der Waals surface area contributed by atoms with Crippen LogP contribution in [0.3, 0.4) is 0 Å². The third-order valence-corrected chi connectivity index (χ3v) is 4.49. The maximum absolute atomic E-state index is 12.0. The molecule has 0 spiro atoms. The van der Waals surface area contributed by atoms with Crippen LogP contribution in [-0.2, 0) is 4.74 Å². The Morgan fingerprint density at radius 2 is 2.00 bits per heavy atom. The molecular formula is C15H21NO3S. The second-order valence-corrected chi connectivity index (χ2v) is 7.25. The maximum atomic E-state index is 12.0. The Morgan fingerprint density at radius 3 is 2.50 bits per heavy atom. The summed E-state index contributed by atoms with van der Waals surface area (Å²) in [6.07, 6.45) is 2.52. The molecule has 1 aliphatic rings. The Morgan fingerprint density at radius 1 is 1.35 bits per heavy atom. The fraction of sp³-hybridized carbons (Fsp3) is 0.600. The van der Waals surface area contributed by atoms with Gasteiger partial charge in [0.05, 0.1) is 4.88 Å². The van der Waals surface area contributed by atoms with E-state index in [1.165, 1.54) is 4.88 Å². The number of thiophene rings is 1. The van der Waals surface area contributed by atoms with Crippen LogP contribution < -0.4 is 0 Å². The van der Waals surface area contributed by atoms with Gasteiger partial charge in [0.1, 0.15) is 5.60 Å². The highest BCUT2D eigenvalue weighted by Gasteiger charge is 2.27. The molecule has 110 valence electrons. The minimum absolute atomic E-state index is 0.226. The van der Waals surface area contributed by atoms with Crippen molar-refractivity contribution < 1.29 is 14.3 Å². The van der Waals surface area contributed by atoms with Gasteiger partial charge in [-0.1, -0.05) is 0 Å². The number of carbonyl (C=O) groups excluding carboxylic acids is 2. The summed E-state index contributed by atoms with van der Waals surface area (Å²) in [5, 5.41) is 0. The number of ether oxygens (including phenoxy) is 1. The average Bonchev–Trinajstić information content (AvgIpc) is 2.85. The van der Waals surface area contributed by atoms with E-state index in [0.717, 1.165) is 24.0 Å². The van der Waals surface area contributed by atoms with E-state index >= 15 is 0 Å². The lowest BCUT2D eigenvalue weighted by atomic mass is 9.95. The molecule has 5 heteroatoms. The first-order valence-electron chi connectivity index (χ1n) is 6.92. The average molecular weight is 295 g/mol. The van der Waals surface area contributed by atoms with Crippen molar-refractivity contribution >= 4 is 23.7 Å². The topological polar surface area (TPSA) is 46.6 Å². The third kappa shape index (κ3) is 3.82. The van der Waals surface area contributed by atoms with Gasteiger partial charge in [0, 0.05) is 18.0 Å². The Balaban J connectivity index is 1.89. The van der Waals surface area contributed by atoms with Crippen LogP contribution in [0.2, 0.25) is 0 Å². The summed E-state index contributed by atoms with van der Waals surface area (Å²) in [6, 6.07) is 3.90. The molecule has 1 fully saturated rings. The van der Waals surface area contributed by atoms with Crippen LogP contribution in [0, 0.1) is 0 Å². The summed E-state index contributed by atoms with van der Waals surface area (Å²) in [4.78, 5) is 26.5. The van der Waals surface area contributed by atoms with Crippen LogP contribution in [0.1, 0.15) is 54.1 Å². The number of aldehydes is 1. The number of carbonyl (C=O) groups is 2. The minimum Gasteiger partial charge on any atom is -0.444 e. The molecule has 1 aliphatic heterocycles. The van der Waals surface area contributed by atoms with E-state index in [-0.39, 0.29) is 6.09 Å². The molecule has 0 saturated carbocycles. The lowest BCUT2D eigenvalue weighted by Crippen LogP contribution is -2.41. The minimum atomic E-state index is -0.444. The fourth-order valence-electron chi connectivity index (χ4n) is 2.32. The summed E-state index contributed by atoms with van der Waals surface area (Å²) < 4.78 is 5.38. The van der Waals surface area contributed by atoms with Crippen LogP contribution in [0.25, 0.3) is 0 Å². The Bertz CT molecular complexity index is 482. The van der Waals surface area contributed by atoms with Crippen LogP contribution in [0.15, 0.2) is 12.1 Å². The number of hydrogen-bond acceptors (Lipinski definition) is 4. The van der Waals surface area contributed by atoms with Crippen molar-refractivity contribution in [2.45, 2.75) is 45.1 Å². The zero-order chi connectivity index (χ0) is 14.8. The lowest BCUT2D eigenvalue weighted by Gasteiger charge is -2.33. The summed E-state index contributed by atoms with van der Waals surface area (Å²) in [6.45, 7) is 7.07. The lowest BCUT2D eigenvalue weighted by molar-refractivity contribution is 0.0205. The van der Waals surface area contributed by atoms with Gasteiger partial charge in [-0.3, -0.25) is 4.79 Å². The molecule has 0 bridgehead atoms. The zero-order valence-corrected chi connectivity index (χ0v) is 13.0. The number of amides is 1. The summed E-state index contributed by atoms with van der Waals surface area (Å²) in [7, 11) is 0. The molecule has 0 aliphatic carbocycles. The summed E-state index contributed by atoms with van der Waals surface area (Å²) >= 11 is 1.56. The standard InChI is InChI=1S/C15H21NO3S/c1-15(2,3)19-14(18)16-8-6-11(7-9-16)13-5-4-12(10-17)20-13/h4-5,10-11H,6-9H2,1-3H3. The second kappa shape index (κ2) is 5.95. The van der Waals surface area contributed by atoms with Gasteiger partial charge in [-0.25, -0.2) is 4.79 Å². The third-order valence-electron chi connectivity index (χ3n) is 3.31. The zero-order valence-electron chi connectivity index (χ0n) is 12.2. The van der Waals surface area contributed by atoms with Crippen molar-refractivity contribution in [1.29, 1.82) is 0 Å². The van der Waals surface area contributed by atoms with E-state index in [2.05, 4.69) is 0 Å². The molecular weight excluding hydrogens is 274 g/mol. The number of piperidine rings is 1. The first-order chi connectivity index (χ1) is 9.39. The van der Waals surface area contributed by atoms with Gasteiger partial charge in [0.25, 0.3) is 0 Å². The van der Waals surface area contributed by atoms with Gasteiger partial charge in [0.15, 0.2) is 6.29 Å². The van der Waals surface area contributed by atoms with Crippen molar-refractivity contribution in [1.82, 2.24) is 4.90 Å². The Hall–Kier alpha value is -1.36. The smallest absolute Gasteiger partial charge is 0.410 e.